The molecule has 0 aliphatic rings. The van der Waals surface area contributed by atoms with E-state index in [9.17, 15) is 14.4 Å². The molecule has 0 aromatic heterocycles. The molecule has 0 heterocycles. The molecule has 0 radical (unpaired) electrons. The molecule has 0 spiro atoms. The first-order chi connectivity index (χ1) is 11.9. The van der Waals surface area contributed by atoms with E-state index in [2.05, 4.69) is 5.32 Å². The van der Waals surface area contributed by atoms with Crippen LogP contribution in [0.4, 0.5) is 11.4 Å². The van der Waals surface area contributed by atoms with E-state index in [1.54, 1.807) is 55.6 Å². The molecule has 130 valence electrons. The van der Waals surface area contributed by atoms with Gasteiger partial charge in [0.25, 0.3) is 0 Å². The fourth-order valence-corrected chi connectivity index (χ4v) is 2.30. The summed E-state index contributed by atoms with van der Waals surface area (Å²) in [5.74, 6) is -0.0448. The highest BCUT2D eigenvalue weighted by Crippen LogP contribution is 2.18. The van der Waals surface area contributed by atoms with Crippen molar-refractivity contribution in [3.63, 3.8) is 0 Å². The van der Waals surface area contributed by atoms with Crippen molar-refractivity contribution in [1.29, 1.82) is 0 Å². The molecule has 0 saturated carbocycles. The van der Waals surface area contributed by atoms with Crippen molar-refractivity contribution >= 4 is 29.0 Å². The predicted molar refractivity (Wildman–Crippen MR) is 96.1 cm³/mol. The number of Topliss-reactive ketones (excluding diaryl/α,β-unsaturated/α-hetero) is 1. The summed E-state index contributed by atoms with van der Waals surface area (Å²) in [5, 5.41) is 2.73. The molecule has 2 amide bonds. The summed E-state index contributed by atoms with van der Waals surface area (Å²) in [6.07, 6.45) is 0. The minimum Gasteiger partial charge on any atom is -0.497 e. The monoisotopic (exact) mass is 340 g/mol. The third kappa shape index (κ3) is 4.91. The van der Waals surface area contributed by atoms with Gasteiger partial charge >= 0.3 is 0 Å². The van der Waals surface area contributed by atoms with E-state index >= 15 is 0 Å². The molecule has 2 aromatic carbocycles. The molecule has 0 bridgehead atoms. The quantitative estimate of drug-likeness (QED) is 0.821. The van der Waals surface area contributed by atoms with Gasteiger partial charge in [0.15, 0.2) is 5.78 Å². The standard InChI is InChI=1S/C19H20N2O4/c1-13(22)15-5-4-6-17(11-15)21(14(2)23)12-19(24)20-16-7-9-18(25-3)10-8-16/h4-11H,12H2,1-3H3,(H,20,24). The highest BCUT2D eigenvalue weighted by Gasteiger charge is 2.17. The van der Waals surface area contributed by atoms with Crippen LogP contribution in [0.1, 0.15) is 24.2 Å². The first-order valence-electron chi connectivity index (χ1n) is 7.73. The van der Waals surface area contributed by atoms with Gasteiger partial charge in [0.05, 0.1) is 7.11 Å². The Morgan fingerprint density at radius 2 is 1.72 bits per heavy atom. The first-order valence-corrected chi connectivity index (χ1v) is 7.73. The number of benzene rings is 2. The second-order valence-corrected chi connectivity index (χ2v) is 5.49. The van der Waals surface area contributed by atoms with Crippen molar-refractivity contribution in [3.05, 3.63) is 54.1 Å². The Kier molecular flexibility index (Phi) is 5.89. The molecule has 0 atom stereocenters. The number of nitrogens with one attached hydrogen (secondary N) is 1. The van der Waals surface area contributed by atoms with Crippen molar-refractivity contribution < 1.29 is 19.1 Å². The number of carbonyl (C=O) groups excluding carboxylic acids is 3. The van der Waals surface area contributed by atoms with Crippen LogP contribution in [0, 0.1) is 0 Å². The molecule has 1 N–H and O–H groups in total. The van der Waals surface area contributed by atoms with Gasteiger partial charge in [-0.25, -0.2) is 0 Å². The van der Waals surface area contributed by atoms with Crippen LogP contribution < -0.4 is 15.0 Å². The molecule has 2 aromatic rings. The SMILES string of the molecule is COc1ccc(NC(=O)CN(C(C)=O)c2cccc(C(C)=O)c2)cc1. The summed E-state index contributed by atoms with van der Waals surface area (Å²) in [6.45, 7) is 2.68. The van der Waals surface area contributed by atoms with Crippen molar-refractivity contribution in [2.75, 3.05) is 23.9 Å². The number of methoxy groups -OCH3 is 1. The van der Waals surface area contributed by atoms with Gasteiger partial charge in [-0.1, -0.05) is 12.1 Å². The normalized spacial score (nSPS) is 10.0. The lowest BCUT2D eigenvalue weighted by atomic mass is 10.1. The Labute approximate surface area is 146 Å². The molecule has 0 aliphatic heterocycles. The maximum absolute atomic E-state index is 12.3. The van der Waals surface area contributed by atoms with Crippen LogP contribution in [-0.4, -0.2) is 31.3 Å². The van der Waals surface area contributed by atoms with Gasteiger partial charge in [-0.2, -0.15) is 0 Å². The number of anilines is 2. The Morgan fingerprint density at radius 3 is 2.28 bits per heavy atom. The lowest BCUT2D eigenvalue weighted by molar-refractivity contribution is -0.120. The lowest BCUT2D eigenvalue weighted by Gasteiger charge is -2.21. The first kappa shape index (κ1) is 18.2. The van der Waals surface area contributed by atoms with E-state index in [1.165, 1.54) is 18.7 Å². The maximum Gasteiger partial charge on any atom is 0.244 e. The lowest BCUT2D eigenvalue weighted by Crippen LogP contribution is -2.36. The van der Waals surface area contributed by atoms with Gasteiger partial charge in [0, 0.05) is 23.9 Å². The van der Waals surface area contributed by atoms with Crippen molar-refractivity contribution in [3.8, 4) is 5.75 Å². The summed E-state index contributed by atoms with van der Waals surface area (Å²) < 4.78 is 5.07. The van der Waals surface area contributed by atoms with Crippen LogP contribution >= 0.6 is 0 Å². The average Bonchev–Trinajstić information content (AvgIpc) is 2.60. The number of ether oxygens (including phenoxy) is 1. The van der Waals surface area contributed by atoms with Crippen LogP contribution in [0.15, 0.2) is 48.5 Å². The van der Waals surface area contributed by atoms with E-state index < -0.39 is 0 Å². The number of ketones is 1. The third-order valence-electron chi connectivity index (χ3n) is 3.62. The molecule has 6 nitrogen and oxygen atoms in total. The van der Waals surface area contributed by atoms with Crippen molar-refractivity contribution in [2.24, 2.45) is 0 Å². The molecule has 0 saturated heterocycles. The fourth-order valence-electron chi connectivity index (χ4n) is 2.30. The van der Waals surface area contributed by atoms with Crippen LogP contribution in [0.2, 0.25) is 0 Å². The van der Waals surface area contributed by atoms with Crippen LogP contribution in [0.3, 0.4) is 0 Å². The molecule has 6 heteroatoms. The molecule has 0 unspecified atom stereocenters. The van der Waals surface area contributed by atoms with Crippen LogP contribution in [0.25, 0.3) is 0 Å². The second kappa shape index (κ2) is 8.10. The van der Waals surface area contributed by atoms with Gasteiger partial charge in [0.1, 0.15) is 12.3 Å². The van der Waals surface area contributed by atoms with Gasteiger partial charge in [-0.05, 0) is 43.3 Å². The summed E-state index contributed by atoms with van der Waals surface area (Å²) in [7, 11) is 1.56. The zero-order valence-electron chi connectivity index (χ0n) is 14.4. The fraction of sp³-hybridized carbons (Fsp3) is 0.211. The minimum absolute atomic E-state index is 0.104. The number of hydrogen-bond donors (Lipinski definition) is 1. The van der Waals surface area contributed by atoms with Gasteiger partial charge in [-0.15, -0.1) is 0 Å². The highest BCUT2D eigenvalue weighted by molar-refractivity contribution is 6.03. The van der Waals surface area contributed by atoms with E-state index in [0.29, 0.717) is 22.7 Å². The molecule has 25 heavy (non-hydrogen) atoms. The molecular formula is C19H20N2O4. The number of nitrogens with zero attached hydrogens (tertiary/aromatic N) is 1. The summed E-state index contributed by atoms with van der Waals surface area (Å²) >= 11 is 0. The largest absolute Gasteiger partial charge is 0.497 e. The van der Waals surface area contributed by atoms with E-state index in [4.69, 9.17) is 4.74 Å². The van der Waals surface area contributed by atoms with Gasteiger partial charge < -0.3 is 15.0 Å². The number of rotatable bonds is 6. The molecule has 0 fully saturated rings. The number of hydrogen-bond acceptors (Lipinski definition) is 4. The average molecular weight is 340 g/mol. The molecule has 2 rings (SSSR count). The van der Waals surface area contributed by atoms with Crippen molar-refractivity contribution in [1.82, 2.24) is 0 Å². The summed E-state index contributed by atoms with van der Waals surface area (Å²) in [4.78, 5) is 37.0. The minimum atomic E-state index is -0.339. The third-order valence-corrected chi connectivity index (χ3v) is 3.62. The van der Waals surface area contributed by atoms with Crippen LogP contribution in [0.5, 0.6) is 5.75 Å². The smallest absolute Gasteiger partial charge is 0.244 e. The number of amides is 2. The van der Waals surface area contributed by atoms with E-state index in [0.717, 1.165) is 0 Å². The Bertz CT molecular complexity index is 784. The van der Waals surface area contributed by atoms with E-state index in [-0.39, 0.29) is 24.1 Å². The predicted octanol–water partition coefficient (Wildman–Crippen LogP) is 2.89. The number of carbonyl (C=O) groups is 3. The zero-order chi connectivity index (χ0) is 18.4. The summed E-state index contributed by atoms with van der Waals surface area (Å²) in [5.41, 5.74) is 1.59. The second-order valence-electron chi connectivity index (χ2n) is 5.49. The molecular weight excluding hydrogens is 320 g/mol. The van der Waals surface area contributed by atoms with Crippen molar-refractivity contribution in [2.45, 2.75) is 13.8 Å². The van der Waals surface area contributed by atoms with Gasteiger partial charge in [-0.3, -0.25) is 14.4 Å². The maximum atomic E-state index is 12.3. The van der Waals surface area contributed by atoms with Crippen LogP contribution in [-0.2, 0) is 9.59 Å². The Morgan fingerprint density at radius 1 is 1.04 bits per heavy atom. The van der Waals surface area contributed by atoms with E-state index in [1.807, 2.05) is 0 Å². The summed E-state index contributed by atoms with van der Waals surface area (Å²) in [6, 6.07) is 13.5. The molecule has 0 aliphatic carbocycles. The zero-order valence-corrected chi connectivity index (χ0v) is 14.4. The van der Waals surface area contributed by atoms with Gasteiger partial charge in [0.2, 0.25) is 11.8 Å². The Hall–Kier alpha value is -3.15. The highest BCUT2D eigenvalue weighted by atomic mass is 16.5. The topological polar surface area (TPSA) is 75.7 Å². The Balaban J connectivity index is 2.12.